The van der Waals surface area contributed by atoms with Gasteiger partial charge in [-0.1, -0.05) is 62.2 Å². The number of aliphatic carboxylic acids is 1. The second-order valence-corrected chi connectivity index (χ2v) is 4.91. The van der Waals surface area contributed by atoms with Gasteiger partial charge in [0.2, 0.25) is 0 Å². The first-order chi connectivity index (χ1) is 9.09. The lowest BCUT2D eigenvalue weighted by atomic mass is 9.83. The highest BCUT2D eigenvalue weighted by atomic mass is 16.4. The minimum Gasteiger partial charge on any atom is -0.480 e. The third-order valence-electron chi connectivity index (χ3n) is 3.58. The van der Waals surface area contributed by atoms with Crippen molar-refractivity contribution < 1.29 is 9.90 Å². The summed E-state index contributed by atoms with van der Waals surface area (Å²) in [7, 11) is 0. The first-order valence-electron chi connectivity index (χ1n) is 6.60. The average molecular weight is 257 g/mol. The van der Waals surface area contributed by atoms with E-state index in [0.29, 0.717) is 12.0 Å². The molecule has 0 amide bonds. The summed E-state index contributed by atoms with van der Waals surface area (Å²) in [6, 6.07) is 13.4. The van der Waals surface area contributed by atoms with Crippen molar-refractivity contribution in [3.05, 3.63) is 48.0 Å². The molecule has 0 radical (unpaired) electrons. The van der Waals surface area contributed by atoms with Crippen LogP contribution in [0.2, 0.25) is 0 Å². The second-order valence-electron chi connectivity index (χ2n) is 4.91. The van der Waals surface area contributed by atoms with Crippen LogP contribution >= 0.6 is 0 Å². The molecule has 3 nitrogen and oxygen atoms in total. The number of carboxylic acids is 1. The van der Waals surface area contributed by atoms with Crippen molar-refractivity contribution in [2.24, 2.45) is 5.73 Å². The van der Waals surface area contributed by atoms with E-state index in [0.717, 1.165) is 23.6 Å². The van der Waals surface area contributed by atoms with Crippen molar-refractivity contribution in [2.45, 2.75) is 31.7 Å². The van der Waals surface area contributed by atoms with Gasteiger partial charge in [-0.3, -0.25) is 0 Å². The lowest BCUT2D eigenvalue weighted by Crippen LogP contribution is -2.45. The van der Waals surface area contributed by atoms with Gasteiger partial charge in [0.15, 0.2) is 0 Å². The number of carboxylic acid groups (broad SMARTS) is 1. The Morgan fingerprint density at radius 3 is 2.58 bits per heavy atom. The van der Waals surface area contributed by atoms with Gasteiger partial charge < -0.3 is 10.8 Å². The molecule has 3 N–H and O–H groups in total. The molecule has 0 spiro atoms. The maximum absolute atomic E-state index is 11.6. The third kappa shape index (κ3) is 2.47. The van der Waals surface area contributed by atoms with Crippen molar-refractivity contribution in [1.29, 1.82) is 0 Å². The fourth-order valence-electron chi connectivity index (χ4n) is 2.43. The van der Waals surface area contributed by atoms with Gasteiger partial charge in [0.25, 0.3) is 0 Å². The third-order valence-corrected chi connectivity index (χ3v) is 3.58. The number of hydrogen-bond donors (Lipinski definition) is 2. The van der Waals surface area contributed by atoms with Crippen LogP contribution in [0, 0.1) is 0 Å². The van der Waals surface area contributed by atoms with Crippen molar-refractivity contribution in [1.82, 2.24) is 0 Å². The summed E-state index contributed by atoms with van der Waals surface area (Å²) >= 11 is 0. The van der Waals surface area contributed by atoms with Gasteiger partial charge in [-0.25, -0.2) is 4.79 Å². The minimum absolute atomic E-state index is 0.451. The molecule has 100 valence electrons. The van der Waals surface area contributed by atoms with E-state index in [9.17, 15) is 9.90 Å². The number of carbonyl (C=O) groups is 1. The predicted octanol–water partition coefficient (Wildman–Crippen LogP) is 3.27. The number of fused-ring (bicyclic) bond motifs is 1. The molecule has 0 aliphatic rings. The fraction of sp³-hybridized carbons (Fsp3) is 0.312. The number of unbranched alkanes of at least 4 members (excludes halogenated alkanes) is 1. The molecule has 2 aromatic rings. The highest BCUT2D eigenvalue weighted by Gasteiger charge is 2.36. The number of hydrogen-bond acceptors (Lipinski definition) is 2. The van der Waals surface area contributed by atoms with Crippen molar-refractivity contribution in [3.63, 3.8) is 0 Å². The quantitative estimate of drug-likeness (QED) is 0.864. The Hall–Kier alpha value is -1.87. The van der Waals surface area contributed by atoms with E-state index >= 15 is 0 Å². The molecule has 0 saturated carbocycles. The summed E-state index contributed by atoms with van der Waals surface area (Å²) in [6.45, 7) is 2.03. The summed E-state index contributed by atoms with van der Waals surface area (Å²) < 4.78 is 0. The maximum Gasteiger partial charge on any atom is 0.328 e. The molecular weight excluding hydrogens is 238 g/mol. The molecule has 19 heavy (non-hydrogen) atoms. The zero-order valence-electron chi connectivity index (χ0n) is 11.1. The average Bonchev–Trinajstić information content (AvgIpc) is 2.44. The van der Waals surface area contributed by atoms with E-state index in [1.54, 1.807) is 0 Å². The van der Waals surface area contributed by atoms with E-state index < -0.39 is 11.5 Å². The number of benzene rings is 2. The van der Waals surface area contributed by atoms with Crippen molar-refractivity contribution in [2.75, 3.05) is 0 Å². The van der Waals surface area contributed by atoms with Crippen LogP contribution in [0.3, 0.4) is 0 Å². The van der Waals surface area contributed by atoms with Crippen molar-refractivity contribution >= 4 is 16.7 Å². The van der Waals surface area contributed by atoms with Crippen LogP contribution in [0.15, 0.2) is 42.5 Å². The first kappa shape index (κ1) is 13.6. The van der Waals surface area contributed by atoms with E-state index in [4.69, 9.17) is 5.73 Å². The highest BCUT2D eigenvalue weighted by Crippen LogP contribution is 2.31. The van der Waals surface area contributed by atoms with Crippen LogP contribution in [0.4, 0.5) is 0 Å². The summed E-state index contributed by atoms with van der Waals surface area (Å²) in [5.41, 5.74) is 5.61. The standard InChI is InChI=1S/C16H19NO2/c1-2-3-11-16(17,15(18)19)14-10-6-8-12-7-4-5-9-13(12)14/h4-10H,2-3,11,17H2,1H3,(H,18,19). The van der Waals surface area contributed by atoms with Gasteiger partial charge >= 0.3 is 5.97 Å². The summed E-state index contributed by atoms with van der Waals surface area (Å²) in [5, 5.41) is 11.5. The second kappa shape index (κ2) is 5.41. The van der Waals surface area contributed by atoms with Crippen LogP contribution in [0.25, 0.3) is 10.8 Å². The van der Waals surface area contributed by atoms with Crippen LogP contribution in [0.1, 0.15) is 31.7 Å². The molecule has 3 heteroatoms. The molecule has 2 rings (SSSR count). The Morgan fingerprint density at radius 2 is 1.89 bits per heavy atom. The summed E-state index contributed by atoms with van der Waals surface area (Å²) in [5.74, 6) is -0.961. The van der Waals surface area contributed by atoms with Crippen LogP contribution in [0.5, 0.6) is 0 Å². The highest BCUT2D eigenvalue weighted by molar-refractivity contribution is 5.92. The van der Waals surface area contributed by atoms with Gasteiger partial charge in [0, 0.05) is 0 Å². The molecule has 0 aliphatic heterocycles. The molecule has 2 aromatic carbocycles. The predicted molar refractivity (Wildman–Crippen MR) is 77.0 cm³/mol. The smallest absolute Gasteiger partial charge is 0.328 e. The minimum atomic E-state index is -1.31. The monoisotopic (exact) mass is 257 g/mol. The van der Waals surface area contributed by atoms with Gasteiger partial charge in [-0.05, 0) is 22.8 Å². The molecule has 0 bridgehead atoms. The maximum atomic E-state index is 11.6. The topological polar surface area (TPSA) is 63.3 Å². The van der Waals surface area contributed by atoms with Crippen LogP contribution < -0.4 is 5.73 Å². The Balaban J connectivity index is 2.59. The number of nitrogens with two attached hydrogens (primary N) is 1. The zero-order valence-corrected chi connectivity index (χ0v) is 11.1. The van der Waals surface area contributed by atoms with Gasteiger partial charge in [-0.2, -0.15) is 0 Å². The molecule has 1 unspecified atom stereocenters. The van der Waals surface area contributed by atoms with Gasteiger partial charge in [0.05, 0.1) is 0 Å². The van der Waals surface area contributed by atoms with E-state index in [-0.39, 0.29) is 0 Å². The molecule has 0 aliphatic carbocycles. The molecule has 0 heterocycles. The normalized spacial score (nSPS) is 14.2. The molecular formula is C16H19NO2. The van der Waals surface area contributed by atoms with E-state index in [2.05, 4.69) is 0 Å². The Bertz CT molecular complexity index is 589. The SMILES string of the molecule is CCCCC(N)(C(=O)O)c1cccc2ccccc12. The van der Waals surface area contributed by atoms with Crippen LogP contribution in [-0.4, -0.2) is 11.1 Å². The van der Waals surface area contributed by atoms with Gasteiger partial charge in [0.1, 0.15) is 5.54 Å². The lowest BCUT2D eigenvalue weighted by molar-refractivity contribution is -0.144. The first-order valence-corrected chi connectivity index (χ1v) is 6.60. The Morgan fingerprint density at radius 1 is 1.21 bits per heavy atom. The fourth-order valence-corrected chi connectivity index (χ4v) is 2.43. The molecule has 0 aromatic heterocycles. The summed E-state index contributed by atoms with van der Waals surface area (Å²) in [6.07, 6.45) is 2.18. The lowest BCUT2D eigenvalue weighted by Gasteiger charge is -2.26. The van der Waals surface area contributed by atoms with E-state index in [1.165, 1.54) is 0 Å². The largest absolute Gasteiger partial charge is 0.480 e. The molecule has 0 saturated heterocycles. The van der Waals surface area contributed by atoms with Gasteiger partial charge in [-0.15, -0.1) is 0 Å². The molecule has 0 fully saturated rings. The van der Waals surface area contributed by atoms with E-state index in [1.807, 2.05) is 49.4 Å². The zero-order chi connectivity index (χ0) is 13.9. The Labute approximate surface area is 113 Å². The van der Waals surface area contributed by atoms with Crippen LogP contribution in [-0.2, 0) is 10.3 Å². The summed E-state index contributed by atoms with van der Waals surface area (Å²) in [4.78, 5) is 11.6. The molecule has 1 atom stereocenters. The Kier molecular flexibility index (Phi) is 3.86. The van der Waals surface area contributed by atoms with Crippen molar-refractivity contribution in [3.8, 4) is 0 Å². The number of rotatable bonds is 5.